The highest BCUT2D eigenvalue weighted by Crippen LogP contribution is 2.31. The highest BCUT2D eigenvalue weighted by atomic mass is 16.6. The first kappa shape index (κ1) is 20.2. The third-order valence-corrected chi connectivity index (χ3v) is 4.65. The first-order valence-corrected chi connectivity index (χ1v) is 9.38. The molecule has 0 saturated heterocycles. The quantitative estimate of drug-likeness (QED) is 0.218. The molecule has 1 heterocycles. The van der Waals surface area contributed by atoms with Crippen LogP contribution in [0.25, 0.3) is 0 Å². The number of anilines is 1. The molecule has 2 amide bonds. The van der Waals surface area contributed by atoms with E-state index in [1.165, 1.54) is 36.4 Å². The SMILES string of the molecule is CCCCCCOC(=O)c1ccc2c(c1)C(=O)N(c1cccc([N+](=O)[O-])c1)C2=O. The summed E-state index contributed by atoms with van der Waals surface area (Å²) in [5, 5.41) is 11.0. The maximum Gasteiger partial charge on any atom is 0.338 e. The van der Waals surface area contributed by atoms with Crippen LogP contribution in [-0.2, 0) is 4.74 Å². The van der Waals surface area contributed by atoms with E-state index in [2.05, 4.69) is 6.92 Å². The predicted molar refractivity (Wildman–Crippen MR) is 105 cm³/mol. The average molecular weight is 396 g/mol. The minimum absolute atomic E-state index is 0.0712. The van der Waals surface area contributed by atoms with E-state index in [0.29, 0.717) is 6.61 Å². The summed E-state index contributed by atoms with van der Waals surface area (Å²) in [6.45, 7) is 2.38. The van der Waals surface area contributed by atoms with Crippen LogP contribution < -0.4 is 4.90 Å². The Morgan fingerprint density at radius 3 is 2.52 bits per heavy atom. The van der Waals surface area contributed by atoms with Gasteiger partial charge in [0.05, 0.1) is 33.9 Å². The van der Waals surface area contributed by atoms with Crippen LogP contribution in [-0.4, -0.2) is 29.3 Å². The fraction of sp³-hybridized carbons (Fsp3) is 0.286. The van der Waals surface area contributed by atoms with E-state index in [9.17, 15) is 24.5 Å². The molecule has 0 bridgehead atoms. The maximum absolute atomic E-state index is 12.8. The van der Waals surface area contributed by atoms with E-state index in [-0.39, 0.29) is 28.1 Å². The number of unbranched alkanes of at least 4 members (excludes halogenated alkanes) is 3. The van der Waals surface area contributed by atoms with E-state index in [4.69, 9.17) is 4.74 Å². The van der Waals surface area contributed by atoms with Crippen LogP contribution in [0.2, 0.25) is 0 Å². The minimum Gasteiger partial charge on any atom is -0.462 e. The van der Waals surface area contributed by atoms with Crippen LogP contribution in [0.3, 0.4) is 0 Å². The van der Waals surface area contributed by atoms with Gasteiger partial charge in [-0.3, -0.25) is 19.7 Å². The number of carbonyl (C=O) groups is 3. The van der Waals surface area contributed by atoms with Crippen molar-refractivity contribution in [1.82, 2.24) is 0 Å². The summed E-state index contributed by atoms with van der Waals surface area (Å²) in [7, 11) is 0. The van der Waals surface area contributed by atoms with E-state index in [1.54, 1.807) is 0 Å². The molecule has 0 radical (unpaired) electrons. The second-order valence-corrected chi connectivity index (χ2v) is 6.68. The third-order valence-electron chi connectivity index (χ3n) is 4.65. The number of non-ortho nitro benzene ring substituents is 1. The number of hydrogen-bond donors (Lipinski definition) is 0. The molecule has 0 unspecified atom stereocenters. The molecular weight excluding hydrogens is 376 g/mol. The van der Waals surface area contributed by atoms with Gasteiger partial charge in [-0.2, -0.15) is 0 Å². The molecule has 150 valence electrons. The Morgan fingerprint density at radius 2 is 1.79 bits per heavy atom. The Kier molecular flexibility index (Phi) is 6.01. The van der Waals surface area contributed by atoms with Crippen LogP contribution in [0, 0.1) is 10.1 Å². The van der Waals surface area contributed by atoms with E-state index in [0.717, 1.165) is 36.6 Å². The molecule has 8 nitrogen and oxygen atoms in total. The summed E-state index contributed by atoms with van der Waals surface area (Å²) in [5.74, 6) is -1.79. The fourth-order valence-electron chi connectivity index (χ4n) is 3.13. The Morgan fingerprint density at radius 1 is 1.03 bits per heavy atom. The molecule has 29 heavy (non-hydrogen) atoms. The van der Waals surface area contributed by atoms with Crippen molar-refractivity contribution < 1.29 is 24.0 Å². The van der Waals surface area contributed by atoms with Crippen molar-refractivity contribution in [1.29, 1.82) is 0 Å². The molecule has 0 fully saturated rings. The van der Waals surface area contributed by atoms with Crippen molar-refractivity contribution in [3.63, 3.8) is 0 Å². The van der Waals surface area contributed by atoms with Crippen molar-refractivity contribution in [2.45, 2.75) is 32.6 Å². The largest absolute Gasteiger partial charge is 0.462 e. The van der Waals surface area contributed by atoms with Crippen molar-refractivity contribution >= 4 is 29.2 Å². The second kappa shape index (κ2) is 8.64. The Labute approximate surface area is 167 Å². The molecule has 1 aliphatic rings. The lowest BCUT2D eigenvalue weighted by Crippen LogP contribution is -2.29. The van der Waals surface area contributed by atoms with Crippen LogP contribution in [0.4, 0.5) is 11.4 Å². The number of ether oxygens (including phenoxy) is 1. The molecule has 2 aromatic rings. The number of nitro benzene ring substituents is 1. The number of hydrogen-bond acceptors (Lipinski definition) is 6. The van der Waals surface area contributed by atoms with Gasteiger partial charge in [0.25, 0.3) is 17.5 Å². The van der Waals surface area contributed by atoms with Crippen LogP contribution in [0.5, 0.6) is 0 Å². The number of nitro groups is 1. The third kappa shape index (κ3) is 4.16. The van der Waals surface area contributed by atoms with Gasteiger partial charge in [-0.1, -0.05) is 32.3 Å². The van der Waals surface area contributed by atoms with Crippen molar-refractivity contribution in [2.75, 3.05) is 11.5 Å². The summed E-state index contributed by atoms with van der Waals surface area (Å²) >= 11 is 0. The zero-order chi connectivity index (χ0) is 21.0. The highest BCUT2D eigenvalue weighted by molar-refractivity contribution is 6.34. The average Bonchev–Trinajstić information content (AvgIpc) is 2.97. The predicted octanol–water partition coefficient (Wildman–Crippen LogP) is 4.13. The lowest BCUT2D eigenvalue weighted by molar-refractivity contribution is -0.384. The van der Waals surface area contributed by atoms with Crippen molar-refractivity contribution in [3.8, 4) is 0 Å². The van der Waals surface area contributed by atoms with Gasteiger partial charge in [-0.25, -0.2) is 9.69 Å². The van der Waals surface area contributed by atoms with Gasteiger partial charge in [0.15, 0.2) is 0 Å². The second-order valence-electron chi connectivity index (χ2n) is 6.68. The van der Waals surface area contributed by atoms with Crippen LogP contribution in [0.15, 0.2) is 42.5 Å². The number of rotatable bonds is 8. The van der Waals surface area contributed by atoms with Gasteiger partial charge in [0.2, 0.25) is 0 Å². The molecule has 0 N–H and O–H groups in total. The van der Waals surface area contributed by atoms with Crippen LogP contribution in [0.1, 0.15) is 63.7 Å². The summed E-state index contributed by atoms with van der Waals surface area (Å²) < 4.78 is 5.23. The van der Waals surface area contributed by atoms with Gasteiger partial charge in [0.1, 0.15) is 0 Å². The lowest BCUT2D eigenvalue weighted by atomic mass is 10.1. The number of nitrogens with zero attached hydrogens (tertiary/aromatic N) is 2. The summed E-state index contributed by atoms with van der Waals surface area (Å²) in [6, 6.07) is 9.46. The number of benzene rings is 2. The van der Waals surface area contributed by atoms with Crippen molar-refractivity contribution in [3.05, 3.63) is 69.3 Å². The Balaban J connectivity index is 1.79. The minimum atomic E-state index is -0.636. The first-order chi connectivity index (χ1) is 13.9. The molecule has 0 aromatic heterocycles. The normalized spacial score (nSPS) is 12.8. The number of imide groups is 1. The topological polar surface area (TPSA) is 107 Å². The molecule has 1 aliphatic heterocycles. The number of esters is 1. The Bertz CT molecular complexity index is 985. The zero-order valence-corrected chi connectivity index (χ0v) is 15.9. The van der Waals surface area contributed by atoms with Gasteiger partial charge in [-0.05, 0) is 30.7 Å². The molecule has 3 rings (SSSR count). The summed E-state index contributed by atoms with van der Waals surface area (Å²) in [5.41, 5.74) is 0.265. The molecule has 8 heteroatoms. The van der Waals surface area contributed by atoms with Gasteiger partial charge >= 0.3 is 5.97 Å². The smallest absolute Gasteiger partial charge is 0.338 e. The Hall–Kier alpha value is -3.55. The first-order valence-electron chi connectivity index (χ1n) is 9.38. The summed E-state index contributed by atoms with van der Waals surface area (Å²) in [4.78, 5) is 48.9. The highest BCUT2D eigenvalue weighted by Gasteiger charge is 2.37. The van der Waals surface area contributed by atoms with E-state index < -0.39 is 22.7 Å². The molecular formula is C21H20N2O6. The van der Waals surface area contributed by atoms with Gasteiger partial charge in [0, 0.05) is 12.1 Å². The molecule has 0 atom stereocenters. The monoisotopic (exact) mass is 396 g/mol. The van der Waals surface area contributed by atoms with E-state index >= 15 is 0 Å². The number of amides is 2. The zero-order valence-electron chi connectivity index (χ0n) is 15.9. The fourth-order valence-corrected chi connectivity index (χ4v) is 3.13. The molecule has 0 spiro atoms. The van der Waals surface area contributed by atoms with Gasteiger partial charge in [-0.15, -0.1) is 0 Å². The maximum atomic E-state index is 12.8. The van der Waals surface area contributed by atoms with Gasteiger partial charge < -0.3 is 4.74 Å². The van der Waals surface area contributed by atoms with Crippen molar-refractivity contribution in [2.24, 2.45) is 0 Å². The standard InChI is InChI=1S/C21H20N2O6/c1-2-3-4-5-11-29-21(26)14-9-10-17-18(12-14)20(25)22(19(17)24)15-7-6-8-16(13-15)23(27)28/h6-10,12-13H,2-5,11H2,1H3. The summed E-state index contributed by atoms with van der Waals surface area (Å²) in [6.07, 6.45) is 3.89. The number of carbonyl (C=O) groups excluding carboxylic acids is 3. The van der Waals surface area contributed by atoms with E-state index in [1.807, 2.05) is 0 Å². The molecule has 0 aliphatic carbocycles. The molecule has 0 saturated carbocycles. The molecule has 2 aromatic carbocycles. The van der Waals surface area contributed by atoms with Crippen LogP contribution >= 0.6 is 0 Å². The number of fused-ring (bicyclic) bond motifs is 1. The lowest BCUT2D eigenvalue weighted by Gasteiger charge is -2.13.